The van der Waals surface area contributed by atoms with Gasteiger partial charge in [-0.05, 0) is 67.1 Å². The summed E-state index contributed by atoms with van der Waals surface area (Å²) in [5.41, 5.74) is 2.39. The molecule has 2 aliphatic rings. The maximum Gasteiger partial charge on any atom is 0.257 e. The zero-order chi connectivity index (χ0) is 19.2. The molecular weight excluding hydrogens is 407 g/mol. The van der Waals surface area contributed by atoms with Gasteiger partial charge in [0.15, 0.2) is 0 Å². The van der Waals surface area contributed by atoms with E-state index in [1.807, 2.05) is 12.1 Å². The Bertz CT molecular complexity index is 1020. The third kappa shape index (κ3) is 3.93. The normalized spacial score (nSPS) is 18.5. The second kappa shape index (κ2) is 7.00. The molecule has 4 rings (SSSR count). The smallest absolute Gasteiger partial charge is 0.257 e. The zero-order valence-corrected chi connectivity index (χ0v) is 16.7. The van der Waals surface area contributed by atoms with Gasteiger partial charge in [-0.2, -0.15) is 0 Å². The van der Waals surface area contributed by atoms with Crippen molar-refractivity contribution >= 4 is 50.5 Å². The number of amides is 1. The van der Waals surface area contributed by atoms with E-state index in [4.69, 9.17) is 23.2 Å². The van der Waals surface area contributed by atoms with E-state index in [0.717, 1.165) is 18.4 Å². The molecule has 0 radical (unpaired) electrons. The van der Waals surface area contributed by atoms with Crippen LogP contribution in [0.2, 0.25) is 10.0 Å². The summed E-state index contributed by atoms with van der Waals surface area (Å²) in [5, 5.41) is 3.65. The number of halogens is 2. The molecule has 2 aromatic carbocycles. The summed E-state index contributed by atoms with van der Waals surface area (Å²) in [6.07, 6.45) is 2.83. The molecule has 2 aromatic rings. The second-order valence-electron chi connectivity index (χ2n) is 6.91. The van der Waals surface area contributed by atoms with Gasteiger partial charge in [-0.1, -0.05) is 23.2 Å². The van der Waals surface area contributed by atoms with Gasteiger partial charge in [0, 0.05) is 17.3 Å². The molecule has 1 aliphatic heterocycles. The van der Waals surface area contributed by atoms with Crippen molar-refractivity contribution in [1.29, 1.82) is 0 Å². The fourth-order valence-corrected chi connectivity index (χ4v) is 5.31. The van der Waals surface area contributed by atoms with Crippen molar-refractivity contribution in [2.75, 3.05) is 21.9 Å². The Balaban J connectivity index is 1.61. The van der Waals surface area contributed by atoms with Crippen LogP contribution in [0.3, 0.4) is 0 Å². The summed E-state index contributed by atoms with van der Waals surface area (Å²) in [7, 11) is -3.33. The van der Waals surface area contributed by atoms with E-state index in [0.29, 0.717) is 35.3 Å². The molecule has 0 bridgehead atoms. The summed E-state index contributed by atoms with van der Waals surface area (Å²) in [4.78, 5) is 12.8. The highest BCUT2D eigenvalue weighted by atomic mass is 35.5. The van der Waals surface area contributed by atoms with E-state index in [2.05, 4.69) is 5.32 Å². The molecule has 0 unspecified atom stereocenters. The number of sulfonamides is 1. The van der Waals surface area contributed by atoms with Crippen LogP contribution in [0.1, 0.15) is 41.1 Å². The van der Waals surface area contributed by atoms with Crippen LogP contribution in [0, 0.1) is 0 Å². The van der Waals surface area contributed by atoms with Crippen molar-refractivity contribution in [2.24, 2.45) is 0 Å². The molecular formula is C19H18Cl2N2O3S. The number of benzene rings is 2. The maximum absolute atomic E-state index is 12.8. The maximum atomic E-state index is 12.8. The van der Waals surface area contributed by atoms with Crippen LogP contribution in [0.4, 0.5) is 11.4 Å². The number of carbonyl (C=O) groups excluding carboxylic acids is 1. The van der Waals surface area contributed by atoms with E-state index in [-0.39, 0.29) is 16.3 Å². The monoisotopic (exact) mass is 424 g/mol. The van der Waals surface area contributed by atoms with Crippen LogP contribution in [0.25, 0.3) is 0 Å². The topological polar surface area (TPSA) is 66.5 Å². The Morgan fingerprint density at radius 1 is 1.11 bits per heavy atom. The first-order valence-corrected chi connectivity index (χ1v) is 11.1. The van der Waals surface area contributed by atoms with Gasteiger partial charge >= 0.3 is 0 Å². The van der Waals surface area contributed by atoms with E-state index in [1.54, 1.807) is 18.2 Å². The molecule has 1 saturated carbocycles. The minimum Gasteiger partial charge on any atom is -0.322 e. The van der Waals surface area contributed by atoms with E-state index in [9.17, 15) is 13.2 Å². The highest BCUT2D eigenvalue weighted by Gasteiger charge is 2.29. The van der Waals surface area contributed by atoms with Crippen molar-refractivity contribution in [3.05, 3.63) is 57.6 Å². The molecule has 1 aliphatic carbocycles. The average Bonchev–Trinajstić information content (AvgIpc) is 3.38. The van der Waals surface area contributed by atoms with Crippen LogP contribution >= 0.6 is 23.2 Å². The van der Waals surface area contributed by atoms with E-state index in [1.165, 1.54) is 10.4 Å². The van der Waals surface area contributed by atoms with Crippen molar-refractivity contribution in [3.8, 4) is 0 Å². The molecule has 0 spiro atoms. The predicted molar refractivity (Wildman–Crippen MR) is 109 cm³/mol. The first kappa shape index (κ1) is 18.6. The lowest BCUT2D eigenvalue weighted by Gasteiger charge is -2.18. The summed E-state index contributed by atoms with van der Waals surface area (Å²) < 4.78 is 25.6. The molecule has 1 amide bonds. The SMILES string of the molecule is O=C(Nc1cc(Cl)cc(C2CC2)c1)c1cc(N2CCCS2(=O)=O)ccc1Cl. The molecule has 0 aromatic heterocycles. The third-order valence-corrected chi connectivity index (χ3v) is 7.23. The Labute approximate surface area is 168 Å². The fourth-order valence-electron chi connectivity index (χ4n) is 3.31. The fraction of sp³-hybridized carbons (Fsp3) is 0.316. The lowest BCUT2D eigenvalue weighted by Crippen LogP contribution is -2.25. The minimum absolute atomic E-state index is 0.115. The van der Waals surface area contributed by atoms with Crippen LogP contribution in [0.5, 0.6) is 0 Å². The highest BCUT2D eigenvalue weighted by molar-refractivity contribution is 7.93. The number of nitrogens with zero attached hydrogens (tertiary/aromatic N) is 1. The van der Waals surface area contributed by atoms with Gasteiger partial charge in [0.2, 0.25) is 10.0 Å². The highest BCUT2D eigenvalue weighted by Crippen LogP contribution is 2.42. The van der Waals surface area contributed by atoms with Crippen LogP contribution in [-0.2, 0) is 10.0 Å². The van der Waals surface area contributed by atoms with E-state index >= 15 is 0 Å². The molecule has 5 nitrogen and oxygen atoms in total. The number of rotatable bonds is 4. The minimum atomic E-state index is -3.33. The second-order valence-corrected chi connectivity index (χ2v) is 9.76. The number of hydrogen-bond acceptors (Lipinski definition) is 3. The first-order chi connectivity index (χ1) is 12.8. The van der Waals surface area contributed by atoms with Crippen LogP contribution in [0.15, 0.2) is 36.4 Å². The molecule has 1 heterocycles. The summed E-state index contributed by atoms with van der Waals surface area (Å²) in [5.74, 6) is 0.220. The first-order valence-electron chi connectivity index (χ1n) is 8.75. The van der Waals surface area contributed by atoms with Crippen molar-refractivity contribution in [2.45, 2.75) is 25.2 Å². The largest absolute Gasteiger partial charge is 0.322 e. The van der Waals surface area contributed by atoms with Crippen molar-refractivity contribution in [1.82, 2.24) is 0 Å². The van der Waals surface area contributed by atoms with Gasteiger partial charge in [-0.15, -0.1) is 0 Å². The lowest BCUT2D eigenvalue weighted by molar-refractivity contribution is 0.102. The Hall–Kier alpha value is -1.76. The van der Waals surface area contributed by atoms with E-state index < -0.39 is 15.9 Å². The Morgan fingerprint density at radius 3 is 2.56 bits per heavy atom. The quantitative estimate of drug-likeness (QED) is 0.775. The summed E-state index contributed by atoms with van der Waals surface area (Å²) in [6.45, 7) is 0.407. The lowest BCUT2D eigenvalue weighted by atomic mass is 10.1. The third-order valence-electron chi connectivity index (χ3n) is 4.81. The van der Waals surface area contributed by atoms with Gasteiger partial charge in [0.1, 0.15) is 0 Å². The Morgan fingerprint density at radius 2 is 1.89 bits per heavy atom. The summed E-state index contributed by atoms with van der Waals surface area (Å²) >= 11 is 12.4. The van der Waals surface area contributed by atoms with Gasteiger partial charge in [-0.25, -0.2) is 8.42 Å². The molecule has 27 heavy (non-hydrogen) atoms. The van der Waals surface area contributed by atoms with Gasteiger partial charge in [0.05, 0.1) is 22.0 Å². The van der Waals surface area contributed by atoms with Crippen LogP contribution in [-0.4, -0.2) is 26.6 Å². The van der Waals surface area contributed by atoms with Gasteiger partial charge in [-0.3, -0.25) is 9.10 Å². The van der Waals surface area contributed by atoms with Gasteiger partial charge in [0.25, 0.3) is 5.91 Å². The molecule has 8 heteroatoms. The number of anilines is 2. The van der Waals surface area contributed by atoms with Gasteiger partial charge < -0.3 is 5.32 Å². The van der Waals surface area contributed by atoms with Crippen LogP contribution < -0.4 is 9.62 Å². The predicted octanol–water partition coefficient (Wildman–Crippen LogP) is 4.66. The number of hydrogen-bond donors (Lipinski definition) is 1. The number of nitrogens with one attached hydrogen (secondary N) is 1. The summed E-state index contributed by atoms with van der Waals surface area (Å²) in [6, 6.07) is 10.2. The molecule has 1 saturated heterocycles. The molecule has 142 valence electrons. The molecule has 1 N–H and O–H groups in total. The Kier molecular flexibility index (Phi) is 4.82. The van der Waals surface area contributed by atoms with Crippen molar-refractivity contribution in [3.63, 3.8) is 0 Å². The number of carbonyl (C=O) groups is 1. The average molecular weight is 425 g/mol. The van der Waals surface area contributed by atoms with Crippen molar-refractivity contribution < 1.29 is 13.2 Å². The zero-order valence-electron chi connectivity index (χ0n) is 14.4. The molecule has 0 atom stereocenters. The molecule has 2 fully saturated rings. The standard InChI is InChI=1S/C19H18Cl2N2O3S/c20-14-8-13(12-2-3-12)9-15(10-14)22-19(24)17-11-16(4-5-18(17)21)23-6-1-7-27(23,25)26/h4-5,8-12H,1-3,6-7H2,(H,22,24).